The lowest BCUT2D eigenvalue weighted by Crippen LogP contribution is -2.24. The molecule has 4 N–H and O–H groups in total. The Balaban J connectivity index is 1.78. The molecule has 0 bridgehead atoms. The number of nitrogen functional groups attached to an aromatic ring is 1. The lowest BCUT2D eigenvalue weighted by molar-refractivity contribution is 0.0957. The minimum atomic E-state index is -0.114. The van der Waals surface area contributed by atoms with Gasteiger partial charge in [0.05, 0.1) is 0 Å². The Morgan fingerprint density at radius 2 is 2.35 bits per heavy atom. The van der Waals surface area contributed by atoms with E-state index in [-0.39, 0.29) is 5.91 Å². The summed E-state index contributed by atoms with van der Waals surface area (Å²) < 4.78 is 0. The molecule has 5 nitrogen and oxygen atoms in total. The Labute approximate surface area is 105 Å². The summed E-state index contributed by atoms with van der Waals surface area (Å²) in [7, 11) is 1.76. The predicted molar refractivity (Wildman–Crippen MR) is 70.4 cm³/mol. The van der Waals surface area contributed by atoms with E-state index in [9.17, 15) is 4.79 Å². The Morgan fingerprint density at radius 1 is 1.59 bits per heavy atom. The van der Waals surface area contributed by atoms with Crippen molar-refractivity contribution in [2.75, 3.05) is 24.6 Å². The van der Waals surface area contributed by atoms with Crippen LogP contribution in [-0.2, 0) is 0 Å². The number of amides is 1. The number of rotatable bonds is 6. The van der Waals surface area contributed by atoms with E-state index in [4.69, 9.17) is 5.73 Å². The third kappa shape index (κ3) is 3.33. The number of thiazole rings is 1. The van der Waals surface area contributed by atoms with Crippen molar-refractivity contribution in [1.29, 1.82) is 0 Å². The molecule has 0 aromatic carbocycles. The summed E-state index contributed by atoms with van der Waals surface area (Å²) in [6.45, 7) is 0.724. The van der Waals surface area contributed by atoms with Gasteiger partial charge < -0.3 is 16.4 Å². The summed E-state index contributed by atoms with van der Waals surface area (Å²) in [5, 5.41) is 6.44. The molecule has 0 unspecified atom stereocenters. The molecule has 1 amide bonds. The van der Waals surface area contributed by atoms with Crippen LogP contribution in [0.3, 0.4) is 0 Å². The van der Waals surface area contributed by atoms with E-state index < -0.39 is 0 Å². The molecule has 17 heavy (non-hydrogen) atoms. The first-order valence-electron chi connectivity index (χ1n) is 5.93. The Kier molecular flexibility index (Phi) is 3.83. The number of carbonyl (C=O) groups is 1. The van der Waals surface area contributed by atoms with Crippen LogP contribution in [-0.4, -0.2) is 24.5 Å². The van der Waals surface area contributed by atoms with Gasteiger partial charge in [-0.2, -0.15) is 0 Å². The molecule has 1 aromatic heterocycles. The molecule has 1 aromatic rings. The van der Waals surface area contributed by atoms with Crippen LogP contribution in [0.15, 0.2) is 0 Å². The molecule has 6 heteroatoms. The fourth-order valence-corrected chi connectivity index (χ4v) is 2.44. The van der Waals surface area contributed by atoms with Gasteiger partial charge in [0, 0.05) is 13.6 Å². The standard InChI is InChI=1S/C11H18N4OS/c1-13-11-15-9(12)8(17-11)10(16)14-6-2-3-7-4-5-7/h7H,2-6,12H2,1H3,(H,13,15)(H,14,16). The van der Waals surface area contributed by atoms with E-state index in [1.807, 2.05) is 0 Å². The van der Waals surface area contributed by atoms with Gasteiger partial charge in [0.2, 0.25) is 0 Å². The zero-order valence-corrected chi connectivity index (χ0v) is 10.8. The van der Waals surface area contributed by atoms with E-state index in [1.165, 1.54) is 30.6 Å². The highest BCUT2D eigenvalue weighted by molar-refractivity contribution is 7.18. The summed E-state index contributed by atoms with van der Waals surface area (Å²) in [6, 6.07) is 0. The van der Waals surface area contributed by atoms with E-state index in [1.54, 1.807) is 7.05 Å². The Hall–Kier alpha value is -1.30. The molecule has 0 atom stereocenters. The lowest BCUT2D eigenvalue weighted by Gasteiger charge is -2.02. The van der Waals surface area contributed by atoms with Gasteiger partial charge in [0.25, 0.3) is 5.91 Å². The van der Waals surface area contributed by atoms with Crippen molar-refractivity contribution in [1.82, 2.24) is 10.3 Å². The van der Waals surface area contributed by atoms with Crippen molar-refractivity contribution in [2.45, 2.75) is 25.7 Å². The van der Waals surface area contributed by atoms with Gasteiger partial charge in [0.1, 0.15) is 10.7 Å². The molecular weight excluding hydrogens is 236 g/mol. The average Bonchev–Trinajstić information content (AvgIpc) is 3.06. The highest BCUT2D eigenvalue weighted by atomic mass is 32.1. The molecule has 0 radical (unpaired) electrons. The van der Waals surface area contributed by atoms with Crippen LogP contribution in [0.1, 0.15) is 35.4 Å². The monoisotopic (exact) mass is 254 g/mol. The summed E-state index contributed by atoms with van der Waals surface area (Å²) in [6.07, 6.45) is 5.00. The van der Waals surface area contributed by atoms with Crippen molar-refractivity contribution in [3.63, 3.8) is 0 Å². The molecule has 1 fully saturated rings. The van der Waals surface area contributed by atoms with Crippen LogP contribution in [0.5, 0.6) is 0 Å². The number of carbonyl (C=O) groups excluding carboxylic acids is 1. The molecule has 94 valence electrons. The second kappa shape index (κ2) is 5.35. The zero-order chi connectivity index (χ0) is 12.3. The van der Waals surface area contributed by atoms with Crippen molar-refractivity contribution in [2.24, 2.45) is 5.92 Å². The topological polar surface area (TPSA) is 80.0 Å². The van der Waals surface area contributed by atoms with Gasteiger partial charge in [0.15, 0.2) is 5.13 Å². The summed E-state index contributed by atoms with van der Waals surface area (Å²) >= 11 is 1.29. The first kappa shape index (κ1) is 12.2. The third-order valence-electron chi connectivity index (χ3n) is 2.85. The van der Waals surface area contributed by atoms with Gasteiger partial charge >= 0.3 is 0 Å². The van der Waals surface area contributed by atoms with Gasteiger partial charge in [-0.15, -0.1) is 0 Å². The van der Waals surface area contributed by atoms with E-state index in [0.29, 0.717) is 15.8 Å². The van der Waals surface area contributed by atoms with Crippen LogP contribution < -0.4 is 16.4 Å². The summed E-state index contributed by atoms with van der Waals surface area (Å²) in [5.74, 6) is 1.10. The average molecular weight is 254 g/mol. The highest BCUT2D eigenvalue weighted by Crippen LogP contribution is 2.33. The molecule has 0 spiro atoms. The van der Waals surface area contributed by atoms with Crippen LogP contribution in [0, 0.1) is 5.92 Å². The van der Waals surface area contributed by atoms with Crippen LogP contribution in [0.25, 0.3) is 0 Å². The van der Waals surface area contributed by atoms with Crippen molar-refractivity contribution in [3.8, 4) is 0 Å². The van der Waals surface area contributed by atoms with Crippen LogP contribution >= 0.6 is 11.3 Å². The van der Waals surface area contributed by atoms with E-state index in [2.05, 4.69) is 15.6 Å². The molecule has 1 heterocycles. The predicted octanol–water partition coefficient (Wildman–Crippen LogP) is 1.69. The molecule has 0 saturated heterocycles. The quantitative estimate of drug-likeness (QED) is 0.675. The SMILES string of the molecule is CNc1nc(N)c(C(=O)NCCCC2CC2)s1. The number of nitrogens with zero attached hydrogens (tertiary/aromatic N) is 1. The maximum absolute atomic E-state index is 11.8. The van der Waals surface area contributed by atoms with Gasteiger partial charge in [-0.05, 0) is 18.8 Å². The minimum absolute atomic E-state index is 0.114. The van der Waals surface area contributed by atoms with Gasteiger partial charge in [-0.25, -0.2) is 4.98 Å². The molecular formula is C11H18N4OS. The van der Waals surface area contributed by atoms with Crippen molar-refractivity contribution in [3.05, 3.63) is 4.88 Å². The van der Waals surface area contributed by atoms with E-state index in [0.717, 1.165) is 18.9 Å². The Morgan fingerprint density at radius 3 is 2.94 bits per heavy atom. The summed E-state index contributed by atoms with van der Waals surface area (Å²) in [5.41, 5.74) is 5.68. The number of anilines is 2. The van der Waals surface area contributed by atoms with Crippen LogP contribution in [0.2, 0.25) is 0 Å². The first-order valence-corrected chi connectivity index (χ1v) is 6.74. The highest BCUT2D eigenvalue weighted by Gasteiger charge is 2.20. The maximum atomic E-state index is 11.8. The second-order valence-corrected chi connectivity index (χ2v) is 5.32. The third-order valence-corrected chi connectivity index (χ3v) is 3.93. The zero-order valence-electron chi connectivity index (χ0n) is 9.95. The van der Waals surface area contributed by atoms with Crippen LogP contribution in [0.4, 0.5) is 10.9 Å². The smallest absolute Gasteiger partial charge is 0.265 e. The maximum Gasteiger partial charge on any atom is 0.265 e. The fourth-order valence-electron chi connectivity index (χ4n) is 1.68. The molecule has 1 aliphatic rings. The summed E-state index contributed by atoms with van der Waals surface area (Å²) in [4.78, 5) is 16.3. The van der Waals surface area contributed by atoms with Crippen molar-refractivity contribution < 1.29 is 4.79 Å². The largest absolute Gasteiger partial charge is 0.382 e. The minimum Gasteiger partial charge on any atom is -0.382 e. The number of nitrogens with two attached hydrogens (primary N) is 1. The second-order valence-electron chi connectivity index (χ2n) is 4.32. The number of aromatic nitrogens is 1. The number of nitrogens with one attached hydrogen (secondary N) is 2. The first-order chi connectivity index (χ1) is 8.20. The number of hydrogen-bond donors (Lipinski definition) is 3. The van der Waals surface area contributed by atoms with Crippen molar-refractivity contribution >= 4 is 28.2 Å². The van der Waals surface area contributed by atoms with Gasteiger partial charge in [-0.1, -0.05) is 24.2 Å². The fraction of sp³-hybridized carbons (Fsp3) is 0.636. The normalized spacial score (nSPS) is 14.6. The van der Waals surface area contributed by atoms with Gasteiger partial charge in [-0.3, -0.25) is 4.79 Å². The number of hydrogen-bond acceptors (Lipinski definition) is 5. The molecule has 0 aliphatic heterocycles. The van der Waals surface area contributed by atoms with E-state index >= 15 is 0 Å². The lowest BCUT2D eigenvalue weighted by atomic mass is 10.2. The molecule has 1 aliphatic carbocycles. The molecule has 1 saturated carbocycles. The molecule has 2 rings (SSSR count). The Bertz CT molecular complexity index is 400.